The Bertz CT molecular complexity index is 457. The van der Waals surface area contributed by atoms with Crippen LogP contribution in [0.4, 0.5) is 0 Å². The number of esters is 1. The zero-order valence-corrected chi connectivity index (χ0v) is 12.5. The Morgan fingerprint density at radius 2 is 2.00 bits per heavy atom. The Balaban J connectivity index is 1.92. The van der Waals surface area contributed by atoms with Crippen LogP contribution in [0.3, 0.4) is 0 Å². The van der Waals surface area contributed by atoms with Gasteiger partial charge in [0.2, 0.25) is 0 Å². The number of carbonyl (C=O) groups excluding carboxylic acids is 1. The summed E-state index contributed by atoms with van der Waals surface area (Å²) < 4.78 is 16.6. The predicted octanol–water partition coefficient (Wildman–Crippen LogP) is 2.02. The molecule has 21 heavy (non-hydrogen) atoms. The first-order valence-electron chi connectivity index (χ1n) is 7.19. The largest absolute Gasteiger partial charge is 0.459 e. The average Bonchev–Trinajstić information content (AvgIpc) is 2.79. The Morgan fingerprint density at radius 1 is 1.29 bits per heavy atom. The molecule has 0 saturated carbocycles. The molecule has 1 N–H and O–H groups in total. The Morgan fingerprint density at radius 3 is 2.67 bits per heavy atom. The monoisotopic (exact) mass is 294 g/mol. The summed E-state index contributed by atoms with van der Waals surface area (Å²) in [6.07, 6.45) is 0.00289. The SMILES string of the molecule is CC1(C)O[C@@H](CCCO)[C@H](C(=O)OCc2ccccc2)O1. The molecule has 5 heteroatoms. The molecule has 1 saturated heterocycles. The molecule has 2 atom stereocenters. The van der Waals surface area contributed by atoms with Gasteiger partial charge in [0, 0.05) is 6.61 Å². The molecule has 1 fully saturated rings. The first-order valence-corrected chi connectivity index (χ1v) is 7.19. The number of benzene rings is 1. The Hall–Kier alpha value is -1.43. The third-order valence-electron chi connectivity index (χ3n) is 3.29. The molecule has 5 nitrogen and oxygen atoms in total. The normalized spacial score (nSPS) is 24.0. The van der Waals surface area contributed by atoms with Crippen molar-refractivity contribution in [1.29, 1.82) is 0 Å². The first kappa shape index (κ1) is 15.9. The van der Waals surface area contributed by atoms with Crippen molar-refractivity contribution in [1.82, 2.24) is 0 Å². The zero-order chi connectivity index (χ0) is 15.3. The molecule has 116 valence electrons. The molecular formula is C16H22O5. The van der Waals surface area contributed by atoms with Crippen molar-refractivity contribution >= 4 is 5.97 Å². The van der Waals surface area contributed by atoms with Crippen LogP contribution in [0.15, 0.2) is 30.3 Å². The quantitative estimate of drug-likeness (QED) is 0.813. The number of carbonyl (C=O) groups is 1. The van der Waals surface area contributed by atoms with Crippen molar-refractivity contribution in [3.05, 3.63) is 35.9 Å². The topological polar surface area (TPSA) is 65.0 Å². The van der Waals surface area contributed by atoms with Crippen molar-refractivity contribution in [3.63, 3.8) is 0 Å². The lowest BCUT2D eigenvalue weighted by Gasteiger charge is -2.16. The molecule has 0 aliphatic carbocycles. The van der Waals surface area contributed by atoms with Crippen molar-refractivity contribution in [3.8, 4) is 0 Å². The van der Waals surface area contributed by atoms with Gasteiger partial charge >= 0.3 is 5.97 Å². The standard InChI is InChI=1S/C16H22O5/c1-16(2)20-13(9-6-10-17)14(21-16)15(18)19-11-12-7-4-3-5-8-12/h3-5,7-8,13-14,17H,6,9-11H2,1-2H3/t13-,14+/m0/s1. The zero-order valence-electron chi connectivity index (χ0n) is 12.5. The van der Waals surface area contributed by atoms with E-state index in [1.165, 1.54) is 0 Å². The summed E-state index contributed by atoms with van der Waals surface area (Å²) in [7, 11) is 0. The maximum Gasteiger partial charge on any atom is 0.338 e. The summed E-state index contributed by atoms with van der Waals surface area (Å²) >= 11 is 0. The van der Waals surface area contributed by atoms with Crippen LogP contribution < -0.4 is 0 Å². The van der Waals surface area contributed by atoms with Crippen LogP contribution >= 0.6 is 0 Å². The second-order valence-electron chi connectivity index (χ2n) is 5.55. The van der Waals surface area contributed by atoms with E-state index < -0.39 is 17.9 Å². The minimum absolute atomic E-state index is 0.0616. The summed E-state index contributed by atoms with van der Waals surface area (Å²) in [5.41, 5.74) is 0.927. The number of hydrogen-bond donors (Lipinski definition) is 1. The summed E-state index contributed by atoms with van der Waals surface area (Å²) in [6, 6.07) is 9.49. The molecule has 0 radical (unpaired) electrons. The van der Waals surface area contributed by atoms with E-state index in [4.69, 9.17) is 19.3 Å². The molecule has 2 rings (SSSR count). The lowest BCUT2D eigenvalue weighted by Crippen LogP contribution is -2.33. The van der Waals surface area contributed by atoms with Crippen LogP contribution in [0.1, 0.15) is 32.3 Å². The molecule has 0 spiro atoms. The van der Waals surface area contributed by atoms with Crippen LogP contribution in [-0.4, -0.2) is 35.7 Å². The summed E-state index contributed by atoms with van der Waals surface area (Å²) in [4.78, 5) is 12.2. The molecule has 0 unspecified atom stereocenters. The van der Waals surface area contributed by atoms with E-state index in [0.29, 0.717) is 12.8 Å². The fourth-order valence-corrected chi connectivity index (χ4v) is 2.35. The summed E-state index contributed by atoms with van der Waals surface area (Å²) in [5.74, 6) is -1.23. The highest BCUT2D eigenvalue weighted by Crippen LogP contribution is 2.31. The van der Waals surface area contributed by atoms with Crippen LogP contribution in [0, 0.1) is 0 Å². The third kappa shape index (κ3) is 4.52. The molecule has 1 aromatic carbocycles. The molecular weight excluding hydrogens is 272 g/mol. The van der Waals surface area contributed by atoms with Crippen LogP contribution in [0.25, 0.3) is 0 Å². The number of aliphatic hydroxyl groups excluding tert-OH is 1. The molecule has 1 heterocycles. The molecule has 0 aromatic heterocycles. The first-order chi connectivity index (χ1) is 10.0. The van der Waals surface area contributed by atoms with Gasteiger partial charge in [0.1, 0.15) is 6.61 Å². The second kappa shape index (κ2) is 7.02. The molecule has 1 aliphatic heterocycles. The van der Waals surface area contributed by atoms with Crippen molar-refractivity contribution < 1.29 is 24.1 Å². The van der Waals surface area contributed by atoms with Gasteiger partial charge in [0.15, 0.2) is 11.9 Å². The number of ether oxygens (including phenoxy) is 3. The van der Waals surface area contributed by atoms with Gasteiger partial charge in [-0.2, -0.15) is 0 Å². The van der Waals surface area contributed by atoms with Crippen molar-refractivity contribution in [2.24, 2.45) is 0 Å². The van der Waals surface area contributed by atoms with Crippen molar-refractivity contribution in [2.75, 3.05) is 6.61 Å². The molecule has 1 aliphatic rings. The third-order valence-corrected chi connectivity index (χ3v) is 3.29. The van der Waals surface area contributed by atoms with E-state index in [9.17, 15) is 4.79 Å². The van der Waals surface area contributed by atoms with Crippen LogP contribution in [0.2, 0.25) is 0 Å². The lowest BCUT2D eigenvalue weighted by molar-refractivity contribution is -0.171. The van der Waals surface area contributed by atoms with Crippen molar-refractivity contribution in [2.45, 2.75) is 51.3 Å². The van der Waals surface area contributed by atoms with Gasteiger partial charge in [-0.1, -0.05) is 30.3 Å². The fourth-order valence-electron chi connectivity index (χ4n) is 2.35. The van der Waals surface area contributed by atoms with Crippen LogP contribution in [-0.2, 0) is 25.6 Å². The van der Waals surface area contributed by atoms with E-state index in [1.54, 1.807) is 13.8 Å². The van der Waals surface area contributed by atoms with Gasteiger partial charge in [-0.15, -0.1) is 0 Å². The van der Waals surface area contributed by atoms with E-state index in [0.717, 1.165) is 5.56 Å². The van der Waals surface area contributed by atoms with E-state index in [1.807, 2.05) is 30.3 Å². The smallest absolute Gasteiger partial charge is 0.338 e. The average molecular weight is 294 g/mol. The van der Waals surface area contributed by atoms with Gasteiger partial charge in [-0.05, 0) is 32.3 Å². The van der Waals surface area contributed by atoms with Gasteiger partial charge in [-0.25, -0.2) is 4.79 Å². The molecule has 0 bridgehead atoms. The predicted molar refractivity (Wildman–Crippen MR) is 76.4 cm³/mol. The van der Waals surface area contributed by atoms with Gasteiger partial charge in [-0.3, -0.25) is 0 Å². The highest BCUT2D eigenvalue weighted by Gasteiger charge is 2.45. The fraction of sp³-hybridized carbons (Fsp3) is 0.562. The van der Waals surface area contributed by atoms with E-state index in [-0.39, 0.29) is 19.3 Å². The summed E-state index contributed by atoms with van der Waals surface area (Å²) in [5, 5.41) is 8.92. The highest BCUT2D eigenvalue weighted by molar-refractivity contribution is 5.75. The number of aliphatic hydroxyl groups is 1. The number of rotatable bonds is 6. The highest BCUT2D eigenvalue weighted by atomic mass is 16.8. The van der Waals surface area contributed by atoms with E-state index in [2.05, 4.69) is 0 Å². The second-order valence-corrected chi connectivity index (χ2v) is 5.55. The Labute approximate surface area is 124 Å². The molecule has 1 aromatic rings. The Kier molecular flexibility index (Phi) is 5.33. The van der Waals surface area contributed by atoms with Gasteiger partial charge in [0.05, 0.1) is 6.10 Å². The number of hydrogen-bond acceptors (Lipinski definition) is 5. The lowest BCUT2D eigenvalue weighted by atomic mass is 10.1. The summed E-state index contributed by atoms with van der Waals surface area (Å²) in [6.45, 7) is 3.81. The van der Waals surface area contributed by atoms with E-state index >= 15 is 0 Å². The molecule has 0 amide bonds. The minimum atomic E-state index is -0.809. The maximum absolute atomic E-state index is 12.2. The minimum Gasteiger partial charge on any atom is -0.459 e. The van der Waals surface area contributed by atoms with Gasteiger partial charge in [0.25, 0.3) is 0 Å². The van der Waals surface area contributed by atoms with Gasteiger partial charge < -0.3 is 19.3 Å². The maximum atomic E-state index is 12.2. The van der Waals surface area contributed by atoms with Crippen LogP contribution in [0.5, 0.6) is 0 Å².